The van der Waals surface area contributed by atoms with Crippen molar-refractivity contribution in [2.24, 2.45) is 11.8 Å². The molecule has 1 saturated heterocycles. The molecule has 1 aromatic rings. The lowest BCUT2D eigenvalue weighted by atomic mass is 9.93. The highest BCUT2D eigenvalue weighted by molar-refractivity contribution is 5.32. The molecule has 2 saturated carbocycles. The van der Waals surface area contributed by atoms with E-state index in [9.17, 15) is 10.1 Å². The van der Waals surface area contributed by atoms with Gasteiger partial charge in [0.25, 0.3) is 5.69 Å². The molecule has 5 nitrogen and oxygen atoms in total. The first-order valence-corrected chi connectivity index (χ1v) is 9.10. The normalized spacial score (nSPS) is 36.3. The summed E-state index contributed by atoms with van der Waals surface area (Å²) in [6, 6.07) is 8.05. The topological polar surface area (TPSA) is 52.0 Å². The predicted molar refractivity (Wildman–Crippen MR) is 87.4 cm³/mol. The zero-order valence-electron chi connectivity index (χ0n) is 13.7. The van der Waals surface area contributed by atoms with Crippen LogP contribution in [0.4, 0.5) is 5.69 Å². The van der Waals surface area contributed by atoms with Crippen molar-refractivity contribution in [1.29, 1.82) is 0 Å². The van der Waals surface area contributed by atoms with Crippen LogP contribution in [0.2, 0.25) is 0 Å². The molecule has 1 heterocycles. The molecule has 1 aliphatic heterocycles. The molecule has 3 aliphatic rings. The van der Waals surface area contributed by atoms with Crippen LogP contribution in [-0.4, -0.2) is 37.1 Å². The quantitative estimate of drug-likeness (QED) is 0.610. The summed E-state index contributed by atoms with van der Waals surface area (Å²) in [5.41, 5.74) is 1.41. The van der Waals surface area contributed by atoms with E-state index >= 15 is 0 Å². The van der Waals surface area contributed by atoms with E-state index in [1.807, 2.05) is 17.0 Å². The summed E-state index contributed by atoms with van der Waals surface area (Å²) in [5.74, 6) is 2.06. The molecule has 0 radical (unpaired) electrons. The molecule has 4 rings (SSSR count). The number of nitrogens with zero attached hydrogens (tertiary/aromatic N) is 1. The van der Waals surface area contributed by atoms with Gasteiger partial charge < -0.3 is 9.80 Å². The molecule has 0 aromatic heterocycles. The monoisotopic (exact) mass is 317 g/mol. The minimum atomic E-state index is -0.325. The fraction of sp³-hybridized carbons (Fsp3) is 0.667. The second-order valence-corrected chi connectivity index (χ2v) is 7.79. The minimum Gasteiger partial charge on any atom is -0.323 e. The average molecular weight is 317 g/mol. The maximum Gasteiger partial charge on any atom is 0.269 e. The standard InChI is InChI=1S/C18H25N3O2/c22-21(23)17-5-2-14(3-6-17)13-19-7-9-20(10-8-19)18-12-15-1-4-16(18)11-15/h2-3,5-6,15-16,18H,1,4,7-13H2/p+2/t15-,16+,18+/m0/s1. The number of nitro groups is 1. The van der Waals surface area contributed by atoms with E-state index in [0.29, 0.717) is 0 Å². The molecular formula is C18H27N3O2+2. The van der Waals surface area contributed by atoms with Gasteiger partial charge in [-0.05, 0) is 37.3 Å². The summed E-state index contributed by atoms with van der Waals surface area (Å²) < 4.78 is 0. The van der Waals surface area contributed by atoms with Gasteiger partial charge in [0.05, 0.1) is 11.0 Å². The van der Waals surface area contributed by atoms with Gasteiger partial charge in [0.2, 0.25) is 0 Å². The van der Waals surface area contributed by atoms with E-state index in [1.54, 1.807) is 17.0 Å². The molecule has 2 aliphatic carbocycles. The van der Waals surface area contributed by atoms with Crippen molar-refractivity contribution in [3.05, 3.63) is 39.9 Å². The van der Waals surface area contributed by atoms with Gasteiger partial charge in [-0.1, -0.05) is 0 Å². The maximum atomic E-state index is 10.7. The van der Waals surface area contributed by atoms with Crippen molar-refractivity contribution in [2.75, 3.05) is 26.2 Å². The molecule has 2 bridgehead atoms. The predicted octanol–water partition coefficient (Wildman–Crippen LogP) is 0.0668. The minimum absolute atomic E-state index is 0.189. The highest BCUT2D eigenvalue weighted by atomic mass is 16.6. The maximum absolute atomic E-state index is 10.7. The number of non-ortho nitro benzene ring substituents is 1. The number of rotatable bonds is 4. The molecule has 1 aromatic carbocycles. The van der Waals surface area contributed by atoms with Crippen LogP contribution in [0, 0.1) is 22.0 Å². The highest BCUT2D eigenvalue weighted by Gasteiger charge is 2.46. The first-order valence-electron chi connectivity index (χ1n) is 9.10. The largest absolute Gasteiger partial charge is 0.323 e. The number of quaternary nitrogens is 2. The Kier molecular flexibility index (Phi) is 4.07. The Morgan fingerprint density at radius 3 is 2.35 bits per heavy atom. The third-order valence-electron chi connectivity index (χ3n) is 6.46. The Balaban J connectivity index is 1.29. The Hall–Kier alpha value is -1.46. The Labute approximate surface area is 137 Å². The lowest BCUT2D eigenvalue weighted by Crippen LogP contribution is -3.29. The van der Waals surface area contributed by atoms with Gasteiger partial charge in [-0.3, -0.25) is 10.1 Å². The van der Waals surface area contributed by atoms with Crippen molar-refractivity contribution in [3.8, 4) is 0 Å². The fourth-order valence-electron chi connectivity index (χ4n) is 5.24. The number of fused-ring (bicyclic) bond motifs is 2. The van der Waals surface area contributed by atoms with E-state index in [2.05, 4.69) is 0 Å². The van der Waals surface area contributed by atoms with Crippen LogP contribution in [0.5, 0.6) is 0 Å². The molecule has 2 N–H and O–H groups in total. The second-order valence-electron chi connectivity index (χ2n) is 7.79. The van der Waals surface area contributed by atoms with Gasteiger partial charge >= 0.3 is 0 Å². The summed E-state index contributed by atoms with van der Waals surface area (Å²) in [7, 11) is 0. The molecule has 23 heavy (non-hydrogen) atoms. The fourth-order valence-corrected chi connectivity index (χ4v) is 5.24. The van der Waals surface area contributed by atoms with E-state index in [4.69, 9.17) is 0 Å². The smallest absolute Gasteiger partial charge is 0.269 e. The molecule has 0 spiro atoms. The van der Waals surface area contributed by atoms with E-state index in [1.165, 1.54) is 57.4 Å². The number of nitro benzene ring substituents is 1. The Bertz CT molecular complexity index is 566. The average Bonchev–Trinajstić information content (AvgIpc) is 3.19. The third kappa shape index (κ3) is 3.12. The first-order chi connectivity index (χ1) is 11.2. The molecule has 0 amide bonds. The zero-order chi connectivity index (χ0) is 15.8. The van der Waals surface area contributed by atoms with Crippen LogP contribution in [0.1, 0.15) is 31.2 Å². The van der Waals surface area contributed by atoms with Crippen molar-refractivity contribution in [1.82, 2.24) is 0 Å². The van der Waals surface area contributed by atoms with Gasteiger partial charge in [0.15, 0.2) is 0 Å². The molecule has 0 unspecified atom stereocenters. The van der Waals surface area contributed by atoms with Crippen LogP contribution in [0.15, 0.2) is 24.3 Å². The Morgan fingerprint density at radius 2 is 1.78 bits per heavy atom. The van der Waals surface area contributed by atoms with Gasteiger partial charge in [-0.15, -0.1) is 0 Å². The number of hydrogen-bond acceptors (Lipinski definition) is 2. The van der Waals surface area contributed by atoms with Crippen molar-refractivity contribution >= 4 is 5.69 Å². The van der Waals surface area contributed by atoms with Gasteiger partial charge in [0, 0.05) is 30.0 Å². The van der Waals surface area contributed by atoms with Crippen molar-refractivity contribution in [2.45, 2.75) is 38.3 Å². The molecule has 3 fully saturated rings. The Morgan fingerprint density at radius 1 is 1.04 bits per heavy atom. The van der Waals surface area contributed by atoms with Crippen LogP contribution >= 0.6 is 0 Å². The SMILES string of the molecule is O=[N+]([O-])c1ccc(C[NH+]2CC[NH+]([C@@H]3C[C@H]4CC[C@@H]3C4)CC2)cc1. The van der Waals surface area contributed by atoms with E-state index in [0.717, 1.165) is 24.4 Å². The summed E-state index contributed by atoms with van der Waals surface area (Å²) in [5, 5.41) is 10.7. The number of benzene rings is 1. The summed E-state index contributed by atoms with van der Waals surface area (Å²) >= 11 is 0. The molecule has 124 valence electrons. The third-order valence-corrected chi connectivity index (χ3v) is 6.46. The summed E-state index contributed by atoms with van der Waals surface area (Å²) in [4.78, 5) is 13.9. The van der Waals surface area contributed by atoms with Crippen molar-refractivity contribution in [3.63, 3.8) is 0 Å². The van der Waals surface area contributed by atoms with Crippen LogP contribution in [-0.2, 0) is 6.54 Å². The molecule has 5 heteroatoms. The molecule has 3 atom stereocenters. The van der Waals surface area contributed by atoms with Crippen LogP contribution in [0.3, 0.4) is 0 Å². The van der Waals surface area contributed by atoms with Crippen LogP contribution in [0.25, 0.3) is 0 Å². The zero-order valence-corrected chi connectivity index (χ0v) is 13.7. The second kappa shape index (κ2) is 6.21. The first kappa shape index (κ1) is 15.1. The summed E-state index contributed by atoms with van der Waals surface area (Å²) in [6.07, 6.45) is 5.97. The number of nitrogens with one attached hydrogen (secondary N) is 2. The number of hydrogen-bond donors (Lipinski definition) is 2. The van der Waals surface area contributed by atoms with E-state index in [-0.39, 0.29) is 10.6 Å². The summed E-state index contributed by atoms with van der Waals surface area (Å²) in [6.45, 7) is 6.08. The lowest BCUT2D eigenvalue weighted by molar-refractivity contribution is -1.03. The molecular weight excluding hydrogens is 290 g/mol. The van der Waals surface area contributed by atoms with E-state index < -0.39 is 0 Å². The van der Waals surface area contributed by atoms with Gasteiger partial charge in [-0.25, -0.2) is 0 Å². The highest BCUT2D eigenvalue weighted by Crippen LogP contribution is 2.43. The van der Waals surface area contributed by atoms with Crippen LogP contribution < -0.4 is 9.80 Å². The number of piperazine rings is 1. The van der Waals surface area contributed by atoms with Gasteiger partial charge in [0.1, 0.15) is 32.7 Å². The van der Waals surface area contributed by atoms with Crippen molar-refractivity contribution < 1.29 is 14.7 Å². The van der Waals surface area contributed by atoms with Gasteiger partial charge in [-0.2, -0.15) is 0 Å². The lowest BCUT2D eigenvalue weighted by Gasteiger charge is -2.36.